The number of aliphatic carboxylic acids is 3. The van der Waals surface area contributed by atoms with Crippen molar-refractivity contribution in [3.8, 4) is 0 Å². The topological polar surface area (TPSA) is 112 Å². The molecular formula is C30H54O6. The molecule has 0 spiro atoms. The molecule has 36 heavy (non-hydrogen) atoms. The summed E-state index contributed by atoms with van der Waals surface area (Å²) >= 11 is 0. The summed E-state index contributed by atoms with van der Waals surface area (Å²) in [5.74, 6) is -1.09. The highest BCUT2D eigenvalue weighted by molar-refractivity contribution is 5.67. The summed E-state index contributed by atoms with van der Waals surface area (Å²) in [6, 6.07) is 0. The molecule has 0 heterocycles. The Morgan fingerprint density at radius 1 is 0.556 bits per heavy atom. The maximum absolute atomic E-state index is 11.8. The van der Waals surface area contributed by atoms with Crippen LogP contribution in [0.1, 0.15) is 138 Å². The first-order valence-electron chi connectivity index (χ1n) is 14.4. The van der Waals surface area contributed by atoms with Gasteiger partial charge in [0.2, 0.25) is 0 Å². The average Bonchev–Trinajstić information content (AvgIpc) is 2.80. The van der Waals surface area contributed by atoms with E-state index in [1.54, 1.807) is 0 Å². The van der Waals surface area contributed by atoms with Gasteiger partial charge < -0.3 is 15.3 Å². The van der Waals surface area contributed by atoms with E-state index in [-0.39, 0.29) is 35.5 Å². The second kappa shape index (κ2) is 14.4. The van der Waals surface area contributed by atoms with Gasteiger partial charge in [0.15, 0.2) is 0 Å². The summed E-state index contributed by atoms with van der Waals surface area (Å²) in [5, 5.41) is 29.0. The van der Waals surface area contributed by atoms with Gasteiger partial charge in [-0.1, -0.05) is 60.8 Å². The third-order valence-electron chi connectivity index (χ3n) is 9.29. The van der Waals surface area contributed by atoms with E-state index in [4.69, 9.17) is 0 Å². The molecule has 1 rings (SSSR count). The Bertz CT molecular complexity index is 613. The number of carbonyl (C=O) groups is 3. The quantitative estimate of drug-likeness (QED) is 0.172. The molecule has 1 aliphatic rings. The van der Waals surface area contributed by atoms with Crippen LogP contribution in [0.5, 0.6) is 0 Å². The van der Waals surface area contributed by atoms with Gasteiger partial charge in [0.25, 0.3) is 0 Å². The van der Waals surface area contributed by atoms with Crippen molar-refractivity contribution in [1.29, 1.82) is 0 Å². The second-order valence-corrected chi connectivity index (χ2v) is 12.9. The molecule has 0 radical (unpaired) electrons. The maximum atomic E-state index is 11.8. The van der Waals surface area contributed by atoms with Crippen molar-refractivity contribution in [2.45, 2.75) is 138 Å². The molecule has 6 nitrogen and oxygen atoms in total. The summed E-state index contributed by atoms with van der Waals surface area (Å²) in [7, 11) is 0. The normalized spacial score (nSPS) is 28.8. The minimum atomic E-state index is -0.791. The van der Waals surface area contributed by atoms with Crippen molar-refractivity contribution >= 4 is 17.9 Å². The fraction of sp³-hybridized carbons (Fsp3) is 0.900. The number of rotatable bonds is 18. The highest BCUT2D eigenvalue weighted by Crippen LogP contribution is 2.65. The lowest BCUT2D eigenvalue weighted by Crippen LogP contribution is -2.48. The largest absolute Gasteiger partial charge is 0.481 e. The Morgan fingerprint density at radius 3 is 0.944 bits per heavy atom. The van der Waals surface area contributed by atoms with Crippen molar-refractivity contribution in [3.05, 3.63) is 0 Å². The monoisotopic (exact) mass is 510 g/mol. The molecule has 3 atom stereocenters. The lowest BCUT2D eigenvalue weighted by atomic mass is 9.46. The van der Waals surface area contributed by atoms with Crippen LogP contribution < -0.4 is 0 Å². The zero-order valence-corrected chi connectivity index (χ0v) is 23.9. The molecule has 210 valence electrons. The van der Waals surface area contributed by atoms with Gasteiger partial charge in [-0.15, -0.1) is 0 Å². The first-order chi connectivity index (χ1) is 16.7. The van der Waals surface area contributed by atoms with Crippen LogP contribution in [-0.4, -0.2) is 33.2 Å². The van der Waals surface area contributed by atoms with E-state index in [9.17, 15) is 29.7 Å². The Balaban J connectivity index is 3.75. The Kier molecular flexibility index (Phi) is 13.0. The average molecular weight is 511 g/mol. The van der Waals surface area contributed by atoms with E-state index in [0.29, 0.717) is 37.0 Å². The first-order valence-corrected chi connectivity index (χ1v) is 14.4. The van der Waals surface area contributed by atoms with Crippen LogP contribution in [0.4, 0.5) is 0 Å². The summed E-state index contributed by atoms with van der Waals surface area (Å²) in [5.41, 5.74) is -0.655. The predicted octanol–water partition coefficient (Wildman–Crippen LogP) is 8.03. The maximum Gasteiger partial charge on any atom is 0.303 e. The van der Waals surface area contributed by atoms with Crippen molar-refractivity contribution in [2.24, 2.45) is 34.0 Å². The van der Waals surface area contributed by atoms with Crippen molar-refractivity contribution < 1.29 is 29.7 Å². The summed E-state index contributed by atoms with van der Waals surface area (Å²) in [4.78, 5) is 35.4. The molecule has 0 aromatic rings. The van der Waals surface area contributed by atoms with E-state index < -0.39 is 17.9 Å². The van der Waals surface area contributed by atoms with Gasteiger partial charge >= 0.3 is 17.9 Å². The Morgan fingerprint density at radius 2 is 0.778 bits per heavy atom. The second-order valence-electron chi connectivity index (χ2n) is 12.9. The molecule has 0 aliphatic heterocycles. The fourth-order valence-corrected chi connectivity index (χ4v) is 7.61. The zero-order valence-electron chi connectivity index (χ0n) is 23.9. The number of carboxylic acid groups (broad SMARTS) is 3. The SMILES string of the molecule is CCC(C)CC1(CCC(=O)O)CC(CCC(=O)O)(CC(C)CC)CC(CCC(=O)O)(CC(C)CC)C1. The van der Waals surface area contributed by atoms with Gasteiger partial charge in [-0.2, -0.15) is 0 Å². The van der Waals surface area contributed by atoms with Crippen molar-refractivity contribution in [1.82, 2.24) is 0 Å². The van der Waals surface area contributed by atoms with Crippen LogP contribution in [0.25, 0.3) is 0 Å². The highest BCUT2D eigenvalue weighted by Gasteiger charge is 2.54. The minimum absolute atomic E-state index is 0.104. The minimum Gasteiger partial charge on any atom is -0.481 e. The molecule has 0 bridgehead atoms. The highest BCUT2D eigenvalue weighted by atomic mass is 16.4. The van der Waals surface area contributed by atoms with E-state index >= 15 is 0 Å². The van der Waals surface area contributed by atoms with Crippen LogP contribution in [-0.2, 0) is 14.4 Å². The molecule has 0 saturated heterocycles. The smallest absolute Gasteiger partial charge is 0.303 e. The van der Waals surface area contributed by atoms with Crippen LogP contribution in [0, 0.1) is 34.0 Å². The first kappa shape index (κ1) is 32.4. The molecule has 0 aromatic heterocycles. The number of hydrogen-bond donors (Lipinski definition) is 3. The van der Waals surface area contributed by atoms with E-state index in [1.807, 2.05) is 0 Å². The van der Waals surface area contributed by atoms with E-state index in [2.05, 4.69) is 41.5 Å². The third-order valence-corrected chi connectivity index (χ3v) is 9.29. The molecule has 1 saturated carbocycles. The van der Waals surface area contributed by atoms with E-state index in [1.165, 1.54) is 0 Å². The Labute approximate surface area is 219 Å². The zero-order chi connectivity index (χ0) is 27.6. The van der Waals surface area contributed by atoms with Crippen LogP contribution in [0.15, 0.2) is 0 Å². The predicted molar refractivity (Wildman–Crippen MR) is 144 cm³/mol. The van der Waals surface area contributed by atoms with Crippen molar-refractivity contribution in [2.75, 3.05) is 0 Å². The molecular weight excluding hydrogens is 456 g/mol. The molecule has 0 aromatic carbocycles. The van der Waals surface area contributed by atoms with Crippen LogP contribution >= 0.6 is 0 Å². The van der Waals surface area contributed by atoms with Gasteiger partial charge in [0.1, 0.15) is 0 Å². The molecule has 0 amide bonds. The van der Waals surface area contributed by atoms with Gasteiger partial charge in [-0.25, -0.2) is 0 Å². The van der Waals surface area contributed by atoms with Crippen LogP contribution in [0.2, 0.25) is 0 Å². The fourth-order valence-electron chi connectivity index (χ4n) is 7.61. The van der Waals surface area contributed by atoms with E-state index in [0.717, 1.165) is 57.8 Å². The molecule has 1 aliphatic carbocycles. The molecule has 3 N–H and O–H groups in total. The van der Waals surface area contributed by atoms with Crippen molar-refractivity contribution in [3.63, 3.8) is 0 Å². The van der Waals surface area contributed by atoms with Gasteiger partial charge in [0, 0.05) is 19.3 Å². The lowest BCUT2D eigenvalue weighted by Gasteiger charge is -2.59. The molecule has 3 unspecified atom stereocenters. The summed E-state index contributed by atoms with van der Waals surface area (Å²) in [6.45, 7) is 13.2. The molecule has 6 heteroatoms. The summed E-state index contributed by atoms with van der Waals surface area (Å²) < 4.78 is 0. The van der Waals surface area contributed by atoms with Gasteiger partial charge in [0.05, 0.1) is 0 Å². The van der Waals surface area contributed by atoms with Gasteiger partial charge in [-0.3, -0.25) is 14.4 Å². The van der Waals surface area contributed by atoms with Crippen LogP contribution in [0.3, 0.4) is 0 Å². The Hall–Kier alpha value is -1.59. The lowest BCUT2D eigenvalue weighted by molar-refractivity contribution is -0.142. The number of hydrogen-bond acceptors (Lipinski definition) is 3. The summed E-state index contributed by atoms with van der Waals surface area (Å²) in [6.07, 6.45) is 10.4. The third kappa shape index (κ3) is 10.4. The van der Waals surface area contributed by atoms with Gasteiger partial charge in [-0.05, 0) is 91.8 Å². The number of carboxylic acids is 3. The standard InChI is InChI=1S/C30H54O6/c1-7-22(4)16-28(13-10-25(31)32)19-29(14-11-26(33)34,17-23(5)8-2)21-30(20-28,15-12-27(35)36)18-24(6)9-3/h22-24H,7-21H2,1-6H3,(H,31,32)(H,33,34)(H,35,36). The molecule has 1 fully saturated rings.